The topological polar surface area (TPSA) is 119 Å². The highest BCUT2D eigenvalue weighted by atomic mass is 19.1. The largest absolute Gasteiger partial charge is 0.497 e. The fourth-order valence-electron chi connectivity index (χ4n) is 3.02. The molecule has 0 spiro atoms. The van der Waals surface area contributed by atoms with Gasteiger partial charge in [-0.2, -0.15) is 4.98 Å². The van der Waals surface area contributed by atoms with Crippen LogP contribution < -0.4 is 21.1 Å². The normalized spacial score (nSPS) is 10.6. The first-order valence-electron chi connectivity index (χ1n) is 10.2. The maximum Gasteiger partial charge on any atom is 0.301 e. The van der Waals surface area contributed by atoms with Gasteiger partial charge in [-0.1, -0.05) is 6.42 Å². The second kappa shape index (κ2) is 10.9. The van der Waals surface area contributed by atoms with Gasteiger partial charge >= 0.3 is 6.01 Å². The van der Waals surface area contributed by atoms with Crippen LogP contribution in [0.1, 0.15) is 32.1 Å². The first-order valence-corrected chi connectivity index (χ1v) is 10.2. The summed E-state index contributed by atoms with van der Waals surface area (Å²) in [7, 11) is 1.60. The van der Waals surface area contributed by atoms with Crippen molar-refractivity contribution < 1.29 is 23.1 Å². The van der Waals surface area contributed by atoms with Crippen molar-refractivity contribution in [3.8, 4) is 17.0 Å². The molecule has 8 nitrogen and oxygen atoms in total. The van der Waals surface area contributed by atoms with Gasteiger partial charge in [0.2, 0.25) is 11.8 Å². The van der Waals surface area contributed by atoms with Crippen molar-refractivity contribution in [2.45, 2.75) is 32.1 Å². The molecule has 168 valence electrons. The van der Waals surface area contributed by atoms with E-state index in [4.69, 9.17) is 14.9 Å². The van der Waals surface area contributed by atoms with Crippen LogP contribution in [0, 0.1) is 5.82 Å². The second-order valence-corrected chi connectivity index (χ2v) is 7.15. The first kappa shape index (κ1) is 22.8. The van der Waals surface area contributed by atoms with Crippen molar-refractivity contribution in [1.29, 1.82) is 0 Å². The van der Waals surface area contributed by atoms with E-state index >= 15 is 0 Å². The molecule has 1 aromatic heterocycles. The lowest BCUT2D eigenvalue weighted by Gasteiger charge is -2.08. The van der Waals surface area contributed by atoms with Crippen molar-refractivity contribution in [2.24, 2.45) is 0 Å². The van der Waals surface area contributed by atoms with E-state index in [1.807, 2.05) is 24.3 Å². The number of amides is 2. The number of anilines is 3. The Bertz CT molecular complexity index is 1070. The molecule has 0 saturated carbocycles. The molecular formula is C23H25FN4O4. The zero-order valence-electron chi connectivity index (χ0n) is 17.7. The Labute approximate surface area is 185 Å². The van der Waals surface area contributed by atoms with Gasteiger partial charge in [-0.15, -0.1) is 0 Å². The third-order valence-electron chi connectivity index (χ3n) is 4.73. The number of methoxy groups -OCH3 is 1. The van der Waals surface area contributed by atoms with E-state index in [1.54, 1.807) is 7.11 Å². The summed E-state index contributed by atoms with van der Waals surface area (Å²) in [5.41, 5.74) is 7.68. The Morgan fingerprint density at radius 2 is 1.72 bits per heavy atom. The SMILES string of the molecule is COc1ccc(-c2coc(NC(=O)CCCCCC(=O)Nc3ccc(F)cc3N)n2)cc1. The number of ether oxygens (including phenoxy) is 1. The maximum absolute atomic E-state index is 13.0. The van der Waals surface area contributed by atoms with Gasteiger partial charge < -0.3 is 20.2 Å². The number of unbranched alkanes of at least 4 members (excludes halogenated alkanes) is 2. The minimum atomic E-state index is -0.458. The van der Waals surface area contributed by atoms with E-state index in [0.29, 0.717) is 30.6 Å². The van der Waals surface area contributed by atoms with Gasteiger partial charge in [-0.25, -0.2) is 4.39 Å². The van der Waals surface area contributed by atoms with E-state index in [9.17, 15) is 14.0 Å². The molecule has 2 amide bonds. The molecule has 1 heterocycles. The number of carbonyl (C=O) groups excluding carboxylic acids is 2. The monoisotopic (exact) mass is 440 g/mol. The molecule has 0 aliphatic rings. The second-order valence-electron chi connectivity index (χ2n) is 7.15. The summed E-state index contributed by atoms with van der Waals surface area (Å²) in [6.07, 6.45) is 3.97. The Morgan fingerprint density at radius 3 is 2.38 bits per heavy atom. The molecule has 2 aromatic carbocycles. The van der Waals surface area contributed by atoms with E-state index in [1.165, 1.54) is 18.4 Å². The summed E-state index contributed by atoms with van der Waals surface area (Å²) < 4.78 is 23.5. The Morgan fingerprint density at radius 1 is 1.03 bits per heavy atom. The molecular weight excluding hydrogens is 415 g/mol. The lowest BCUT2D eigenvalue weighted by atomic mass is 10.1. The number of aromatic nitrogens is 1. The van der Waals surface area contributed by atoms with Crippen LogP contribution in [-0.4, -0.2) is 23.9 Å². The number of halogens is 1. The third-order valence-corrected chi connectivity index (χ3v) is 4.73. The lowest BCUT2D eigenvalue weighted by molar-refractivity contribution is -0.116. The number of hydrogen-bond acceptors (Lipinski definition) is 6. The number of oxazole rings is 1. The number of nitrogens with one attached hydrogen (secondary N) is 2. The molecule has 3 aromatic rings. The van der Waals surface area contributed by atoms with Gasteiger partial charge in [0.1, 0.15) is 23.5 Å². The van der Waals surface area contributed by atoms with E-state index < -0.39 is 5.82 Å². The fraction of sp³-hybridized carbons (Fsp3) is 0.261. The van der Waals surface area contributed by atoms with E-state index in [0.717, 1.165) is 17.4 Å². The molecule has 0 fully saturated rings. The molecule has 0 unspecified atom stereocenters. The van der Waals surface area contributed by atoms with Gasteiger partial charge in [0.05, 0.1) is 18.5 Å². The number of nitrogens with two attached hydrogens (primary N) is 1. The molecule has 9 heteroatoms. The zero-order valence-corrected chi connectivity index (χ0v) is 17.7. The number of rotatable bonds is 10. The summed E-state index contributed by atoms with van der Waals surface area (Å²) in [4.78, 5) is 28.3. The van der Waals surface area contributed by atoms with Crippen LogP contribution in [-0.2, 0) is 9.59 Å². The Hall–Kier alpha value is -3.88. The van der Waals surface area contributed by atoms with E-state index in [-0.39, 0.29) is 36.4 Å². The number of hydrogen-bond donors (Lipinski definition) is 3. The summed E-state index contributed by atoms with van der Waals surface area (Å²) in [6, 6.07) is 11.3. The van der Waals surface area contributed by atoms with Crippen LogP contribution >= 0.6 is 0 Å². The highest BCUT2D eigenvalue weighted by Crippen LogP contribution is 2.23. The van der Waals surface area contributed by atoms with Gasteiger partial charge in [0.25, 0.3) is 0 Å². The molecule has 0 saturated heterocycles. The molecule has 0 radical (unpaired) electrons. The predicted molar refractivity (Wildman–Crippen MR) is 120 cm³/mol. The minimum Gasteiger partial charge on any atom is -0.497 e. The first-order chi connectivity index (χ1) is 15.4. The number of benzene rings is 2. The van der Waals surface area contributed by atoms with Gasteiger partial charge in [-0.3, -0.25) is 14.9 Å². The zero-order chi connectivity index (χ0) is 22.9. The maximum atomic E-state index is 13.0. The van der Waals surface area contributed by atoms with Crippen molar-refractivity contribution in [3.05, 3.63) is 54.5 Å². The van der Waals surface area contributed by atoms with Gasteiger partial charge in [0.15, 0.2) is 0 Å². The number of nitrogens with zero attached hydrogens (tertiary/aromatic N) is 1. The van der Waals surface area contributed by atoms with Crippen LogP contribution in [0.4, 0.5) is 21.8 Å². The van der Waals surface area contributed by atoms with Crippen LogP contribution in [0.15, 0.2) is 53.1 Å². The van der Waals surface area contributed by atoms with Crippen molar-refractivity contribution in [3.63, 3.8) is 0 Å². The van der Waals surface area contributed by atoms with Crippen molar-refractivity contribution >= 4 is 29.2 Å². The standard InChI is InChI=1S/C23H25FN4O4/c1-31-17-10-7-15(8-11-17)20-14-32-23(27-20)28-22(30)6-4-2-3-5-21(29)26-19-12-9-16(24)13-18(19)25/h7-14H,2-6,25H2,1H3,(H,26,29)(H,27,28,30). The molecule has 0 aliphatic carbocycles. The van der Waals surface area contributed by atoms with Crippen LogP contribution in [0.3, 0.4) is 0 Å². The van der Waals surface area contributed by atoms with E-state index in [2.05, 4.69) is 15.6 Å². The smallest absolute Gasteiger partial charge is 0.301 e. The molecule has 0 bridgehead atoms. The molecule has 0 atom stereocenters. The van der Waals surface area contributed by atoms with Gasteiger partial charge in [-0.05, 0) is 55.3 Å². The highest BCUT2D eigenvalue weighted by Gasteiger charge is 2.11. The van der Waals surface area contributed by atoms with Crippen LogP contribution in [0.25, 0.3) is 11.3 Å². The van der Waals surface area contributed by atoms with Crippen molar-refractivity contribution in [2.75, 3.05) is 23.5 Å². The van der Waals surface area contributed by atoms with Crippen LogP contribution in [0.2, 0.25) is 0 Å². The average molecular weight is 440 g/mol. The number of nitrogen functional groups attached to an aromatic ring is 1. The summed E-state index contributed by atoms with van der Waals surface area (Å²) in [6.45, 7) is 0. The molecule has 4 N–H and O–H groups in total. The quantitative estimate of drug-likeness (QED) is 0.313. The molecule has 3 rings (SSSR count). The minimum absolute atomic E-state index is 0.136. The lowest BCUT2D eigenvalue weighted by Crippen LogP contribution is -2.13. The summed E-state index contributed by atoms with van der Waals surface area (Å²) in [5.74, 6) is -0.140. The Balaban J connectivity index is 1.34. The number of carbonyl (C=O) groups is 2. The summed E-state index contributed by atoms with van der Waals surface area (Å²) >= 11 is 0. The highest BCUT2D eigenvalue weighted by molar-refractivity contribution is 5.93. The predicted octanol–water partition coefficient (Wildman–Crippen LogP) is 4.60. The fourth-order valence-corrected chi connectivity index (χ4v) is 3.02. The van der Waals surface area contributed by atoms with Gasteiger partial charge in [0, 0.05) is 18.4 Å². The molecule has 0 aliphatic heterocycles. The Kier molecular flexibility index (Phi) is 7.80. The third kappa shape index (κ3) is 6.56. The average Bonchev–Trinajstić information content (AvgIpc) is 3.24. The van der Waals surface area contributed by atoms with Crippen LogP contribution in [0.5, 0.6) is 5.75 Å². The van der Waals surface area contributed by atoms with Crippen molar-refractivity contribution in [1.82, 2.24) is 4.98 Å². The molecule has 32 heavy (non-hydrogen) atoms. The summed E-state index contributed by atoms with van der Waals surface area (Å²) in [5, 5.41) is 5.29.